The van der Waals surface area contributed by atoms with Crippen LogP contribution in [0.25, 0.3) is 11.4 Å². The van der Waals surface area contributed by atoms with Crippen molar-refractivity contribution in [2.24, 2.45) is 11.7 Å². The second kappa shape index (κ2) is 8.69. The molecule has 8 nitrogen and oxygen atoms in total. The maximum atomic E-state index is 12.0. The predicted molar refractivity (Wildman–Crippen MR) is 116 cm³/mol. The third kappa shape index (κ3) is 5.25. The number of methoxy groups -OCH3 is 1. The average molecular weight is 414 g/mol. The Balaban J connectivity index is 1.53. The fraction of sp³-hybridized carbons (Fsp3) is 0.455. The Hall–Kier alpha value is -3.16. The molecule has 3 N–H and O–H groups in total. The summed E-state index contributed by atoms with van der Waals surface area (Å²) in [4.78, 5) is 18.0. The number of hydrogen-bond donors (Lipinski definition) is 2. The van der Waals surface area contributed by atoms with E-state index < -0.39 is 5.60 Å². The van der Waals surface area contributed by atoms with Gasteiger partial charge in [0.2, 0.25) is 0 Å². The fourth-order valence-electron chi connectivity index (χ4n) is 3.22. The molecule has 0 bridgehead atoms. The van der Waals surface area contributed by atoms with Gasteiger partial charge in [0.15, 0.2) is 0 Å². The van der Waals surface area contributed by atoms with Crippen molar-refractivity contribution in [1.82, 2.24) is 19.8 Å². The van der Waals surface area contributed by atoms with Gasteiger partial charge in [-0.05, 0) is 39.8 Å². The number of carbonyl (C=O) groups excluding carboxylic acids is 1. The van der Waals surface area contributed by atoms with Crippen molar-refractivity contribution in [1.29, 1.82) is 0 Å². The number of aromatic nitrogens is 2. The van der Waals surface area contributed by atoms with Crippen LogP contribution in [0.3, 0.4) is 0 Å². The molecule has 0 radical (unpaired) electrons. The molecule has 1 saturated heterocycles. The summed E-state index contributed by atoms with van der Waals surface area (Å²) in [5.74, 6) is 1.09. The molecule has 0 spiro atoms. The zero-order valence-corrected chi connectivity index (χ0v) is 18.3. The van der Waals surface area contributed by atoms with Crippen molar-refractivity contribution < 1.29 is 14.3 Å². The molecule has 0 aliphatic carbocycles. The van der Waals surface area contributed by atoms with Gasteiger partial charge in [-0.3, -0.25) is 0 Å². The summed E-state index contributed by atoms with van der Waals surface area (Å²) < 4.78 is 12.8. The number of imidazole rings is 1. The molecule has 1 aromatic carbocycles. The number of nitrogens with zero attached hydrogens (tertiary/aromatic N) is 3. The summed E-state index contributed by atoms with van der Waals surface area (Å²) in [7, 11) is 1.64. The zero-order valence-electron chi connectivity index (χ0n) is 18.3. The largest absolute Gasteiger partial charge is 0.495 e. The summed E-state index contributed by atoms with van der Waals surface area (Å²) in [5, 5.41) is 3.26. The van der Waals surface area contributed by atoms with Crippen molar-refractivity contribution in [3.05, 3.63) is 48.2 Å². The van der Waals surface area contributed by atoms with Crippen LogP contribution in [0.4, 0.5) is 4.79 Å². The van der Waals surface area contributed by atoms with E-state index in [1.807, 2.05) is 56.7 Å². The van der Waals surface area contributed by atoms with Crippen LogP contribution < -0.4 is 15.8 Å². The van der Waals surface area contributed by atoms with Gasteiger partial charge >= 0.3 is 6.09 Å². The zero-order chi connectivity index (χ0) is 21.9. The molecule has 3 rings (SSSR count). The third-order valence-corrected chi connectivity index (χ3v) is 4.78. The molecule has 1 aliphatic heterocycles. The minimum Gasteiger partial charge on any atom is -0.495 e. The fourth-order valence-corrected chi connectivity index (χ4v) is 3.22. The molecule has 0 unspecified atom stereocenters. The Labute approximate surface area is 177 Å². The highest BCUT2D eigenvalue weighted by Gasteiger charge is 2.33. The maximum Gasteiger partial charge on any atom is 0.410 e. The topological polar surface area (TPSA) is 94.6 Å². The Kier molecular flexibility index (Phi) is 6.24. The second-order valence-electron chi connectivity index (χ2n) is 8.57. The van der Waals surface area contributed by atoms with E-state index in [1.165, 1.54) is 0 Å². The van der Waals surface area contributed by atoms with E-state index in [2.05, 4.69) is 10.3 Å². The van der Waals surface area contributed by atoms with Gasteiger partial charge in [-0.15, -0.1) is 0 Å². The predicted octanol–water partition coefficient (Wildman–Crippen LogP) is 2.90. The number of hydrogen-bond acceptors (Lipinski definition) is 6. The van der Waals surface area contributed by atoms with Gasteiger partial charge in [-0.25, -0.2) is 9.78 Å². The number of ether oxygens (including phenoxy) is 2. The minimum absolute atomic E-state index is 0.255. The van der Waals surface area contributed by atoms with E-state index in [0.717, 1.165) is 23.5 Å². The van der Waals surface area contributed by atoms with Gasteiger partial charge in [-0.2, -0.15) is 0 Å². The first-order valence-electron chi connectivity index (χ1n) is 10.0. The van der Waals surface area contributed by atoms with Crippen molar-refractivity contribution in [3.8, 4) is 11.4 Å². The van der Waals surface area contributed by atoms with E-state index in [4.69, 9.17) is 15.2 Å². The number of likely N-dealkylation sites (tertiary alicyclic amines) is 1. The summed E-state index contributed by atoms with van der Waals surface area (Å²) in [6, 6.07) is 5.82. The smallest absolute Gasteiger partial charge is 0.410 e. The van der Waals surface area contributed by atoms with Crippen LogP contribution in [0.1, 0.15) is 32.0 Å². The molecule has 1 amide bonds. The SMILES string of the molecule is COc1cc(/C(N)=C/NCC2CN(C(=O)OC(C)(C)C)C2)ccc1-n1cnc(C)c1. The lowest BCUT2D eigenvalue weighted by molar-refractivity contribution is -0.000364. The van der Waals surface area contributed by atoms with E-state index in [0.29, 0.717) is 30.5 Å². The van der Waals surface area contributed by atoms with E-state index >= 15 is 0 Å². The Morgan fingerprint density at radius 3 is 2.70 bits per heavy atom. The Morgan fingerprint density at radius 2 is 2.10 bits per heavy atom. The van der Waals surface area contributed by atoms with Gasteiger partial charge < -0.3 is 30.0 Å². The lowest BCUT2D eigenvalue weighted by Gasteiger charge is -2.39. The van der Waals surface area contributed by atoms with E-state index in [-0.39, 0.29) is 6.09 Å². The van der Waals surface area contributed by atoms with Crippen LogP contribution in [0.15, 0.2) is 36.9 Å². The monoisotopic (exact) mass is 413 g/mol. The number of nitrogens with one attached hydrogen (secondary N) is 1. The van der Waals surface area contributed by atoms with Crippen molar-refractivity contribution >= 4 is 11.8 Å². The van der Waals surface area contributed by atoms with Crippen molar-refractivity contribution in [3.63, 3.8) is 0 Å². The molecule has 2 aromatic rings. The molecular formula is C22H31N5O3. The van der Waals surface area contributed by atoms with E-state index in [9.17, 15) is 4.79 Å². The normalized spacial score (nSPS) is 15.0. The molecule has 2 heterocycles. The lowest BCUT2D eigenvalue weighted by atomic mass is 10.0. The van der Waals surface area contributed by atoms with Crippen LogP contribution in [0.2, 0.25) is 0 Å². The average Bonchev–Trinajstić information content (AvgIpc) is 3.07. The number of rotatable bonds is 6. The maximum absolute atomic E-state index is 12.0. The molecule has 30 heavy (non-hydrogen) atoms. The van der Waals surface area contributed by atoms with Crippen LogP contribution in [0.5, 0.6) is 5.75 Å². The van der Waals surface area contributed by atoms with Crippen molar-refractivity contribution in [2.75, 3.05) is 26.7 Å². The highest BCUT2D eigenvalue weighted by Crippen LogP contribution is 2.26. The molecule has 8 heteroatoms. The number of amides is 1. The van der Waals surface area contributed by atoms with E-state index in [1.54, 1.807) is 24.5 Å². The second-order valence-corrected chi connectivity index (χ2v) is 8.57. The lowest BCUT2D eigenvalue weighted by Crippen LogP contribution is -2.54. The quantitative estimate of drug-likeness (QED) is 0.756. The van der Waals surface area contributed by atoms with Crippen LogP contribution in [-0.4, -0.2) is 52.9 Å². The van der Waals surface area contributed by atoms with Gasteiger partial charge in [0.05, 0.1) is 30.5 Å². The molecule has 0 atom stereocenters. The van der Waals surface area contributed by atoms with Gasteiger partial charge in [0.1, 0.15) is 11.4 Å². The number of nitrogens with two attached hydrogens (primary N) is 1. The van der Waals surface area contributed by atoms with Crippen LogP contribution in [-0.2, 0) is 4.74 Å². The van der Waals surface area contributed by atoms with Crippen LogP contribution in [0, 0.1) is 12.8 Å². The van der Waals surface area contributed by atoms with Crippen molar-refractivity contribution in [2.45, 2.75) is 33.3 Å². The highest BCUT2D eigenvalue weighted by atomic mass is 16.6. The molecule has 1 aliphatic rings. The Morgan fingerprint density at radius 1 is 1.37 bits per heavy atom. The molecule has 162 valence electrons. The van der Waals surface area contributed by atoms with Gasteiger partial charge in [-0.1, -0.05) is 6.07 Å². The first-order valence-corrected chi connectivity index (χ1v) is 10.0. The first kappa shape index (κ1) is 21.5. The van der Waals surface area contributed by atoms with Gasteiger partial charge in [0, 0.05) is 43.5 Å². The number of benzene rings is 1. The standard InChI is InChI=1S/C22H31N5O3/c1-15-11-27(14-25-15)19-7-6-17(8-20(19)29-5)18(23)10-24-9-16-12-26(13-16)21(28)30-22(2,3)4/h6-8,10-11,14,16,24H,9,12-13,23H2,1-5H3/b18-10-. The minimum atomic E-state index is -0.467. The third-order valence-electron chi connectivity index (χ3n) is 4.78. The molecule has 1 aromatic heterocycles. The molecular weight excluding hydrogens is 382 g/mol. The summed E-state index contributed by atoms with van der Waals surface area (Å²) >= 11 is 0. The molecule has 0 saturated carbocycles. The number of carbonyl (C=O) groups is 1. The highest BCUT2D eigenvalue weighted by molar-refractivity contribution is 5.69. The summed E-state index contributed by atoms with van der Waals surface area (Å²) in [6.07, 6.45) is 5.24. The summed E-state index contributed by atoms with van der Waals surface area (Å²) in [5.41, 5.74) is 9.09. The first-order chi connectivity index (χ1) is 14.2. The molecule has 1 fully saturated rings. The van der Waals surface area contributed by atoms with Gasteiger partial charge in [0.25, 0.3) is 0 Å². The van der Waals surface area contributed by atoms with Crippen LogP contribution >= 0.6 is 0 Å². The number of aryl methyl sites for hydroxylation is 1. The summed E-state index contributed by atoms with van der Waals surface area (Å²) in [6.45, 7) is 9.66. The Bertz CT molecular complexity index is 923.